The molecule has 0 amide bonds. The van der Waals surface area contributed by atoms with Crippen molar-refractivity contribution in [2.45, 2.75) is 0 Å². The standard InChI is InChI=1S/C42H27N9/c1-4-31-19-25-49(40(31)43-22-1)34-13-7-28(8-14-34)37-46-38(29-9-15-35(16-10-29)50-26-20-32-5-2-23-44-41(32)50)48-39(47-37)30-11-17-36(18-12-30)51-27-21-33-6-3-24-45-42(33)51/h1-27H. The van der Waals surface area contributed by atoms with Crippen molar-refractivity contribution >= 4 is 33.1 Å². The van der Waals surface area contributed by atoms with E-state index in [1.54, 1.807) is 0 Å². The predicted molar refractivity (Wildman–Crippen MR) is 200 cm³/mol. The normalized spacial score (nSPS) is 11.5. The molecule has 0 fully saturated rings. The van der Waals surface area contributed by atoms with Crippen LogP contribution in [0.3, 0.4) is 0 Å². The van der Waals surface area contributed by atoms with Crippen molar-refractivity contribution in [3.05, 3.63) is 165 Å². The predicted octanol–water partition coefficient (Wildman–Crippen LogP) is 8.89. The lowest BCUT2D eigenvalue weighted by Crippen LogP contribution is -2.01. The molecule has 0 aliphatic heterocycles. The van der Waals surface area contributed by atoms with Crippen LogP contribution in [0.5, 0.6) is 0 Å². The van der Waals surface area contributed by atoms with Gasteiger partial charge in [-0.15, -0.1) is 0 Å². The SMILES string of the molecule is c1cnc2c(c1)ccn2-c1ccc(-c2nc(-c3ccc(-n4ccc5cccnc54)cc3)nc(-c3ccc(-n4ccc5cccnc54)cc3)n2)cc1. The zero-order valence-electron chi connectivity index (χ0n) is 27.1. The number of hydrogen-bond acceptors (Lipinski definition) is 6. The van der Waals surface area contributed by atoms with Crippen molar-refractivity contribution in [1.29, 1.82) is 0 Å². The van der Waals surface area contributed by atoms with E-state index in [9.17, 15) is 0 Å². The van der Waals surface area contributed by atoms with Crippen molar-refractivity contribution in [3.8, 4) is 51.2 Å². The molecule has 10 rings (SSSR count). The van der Waals surface area contributed by atoms with Gasteiger partial charge in [-0.25, -0.2) is 29.9 Å². The highest BCUT2D eigenvalue weighted by Crippen LogP contribution is 2.29. The summed E-state index contributed by atoms with van der Waals surface area (Å²) in [5.41, 5.74) is 8.41. The second kappa shape index (κ2) is 11.7. The number of pyridine rings is 3. The third-order valence-corrected chi connectivity index (χ3v) is 9.19. The van der Waals surface area contributed by atoms with E-state index in [1.165, 1.54) is 0 Å². The molecule has 0 N–H and O–H groups in total. The van der Waals surface area contributed by atoms with Crippen LogP contribution in [-0.4, -0.2) is 43.6 Å². The molecule has 51 heavy (non-hydrogen) atoms. The number of rotatable bonds is 6. The Morgan fingerprint density at radius 3 is 0.902 bits per heavy atom. The minimum absolute atomic E-state index is 0.589. The molecule has 0 aliphatic carbocycles. The zero-order chi connectivity index (χ0) is 33.7. The van der Waals surface area contributed by atoms with Crippen LogP contribution < -0.4 is 0 Å². The van der Waals surface area contributed by atoms with E-state index in [1.807, 2.05) is 91.8 Å². The van der Waals surface area contributed by atoms with Gasteiger partial charge in [0, 0.05) is 87.1 Å². The Morgan fingerprint density at radius 1 is 0.314 bits per heavy atom. The third kappa shape index (κ3) is 5.03. The fourth-order valence-electron chi connectivity index (χ4n) is 6.60. The molecule has 9 nitrogen and oxygen atoms in total. The smallest absolute Gasteiger partial charge is 0.164 e. The summed E-state index contributed by atoms with van der Waals surface area (Å²) in [6.07, 6.45) is 11.6. The van der Waals surface area contributed by atoms with Crippen LogP contribution in [-0.2, 0) is 0 Å². The molecule has 240 valence electrons. The average molecular weight is 658 g/mol. The minimum atomic E-state index is 0.589. The Kier molecular flexibility index (Phi) is 6.60. The Hall–Kier alpha value is -7.26. The van der Waals surface area contributed by atoms with Crippen molar-refractivity contribution in [3.63, 3.8) is 0 Å². The lowest BCUT2D eigenvalue weighted by molar-refractivity contribution is 1.06. The molecule has 7 heterocycles. The molecule has 0 spiro atoms. The molecule has 0 saturated carbocycles. The molecular weight excluding hydrogens is 631 g/mol. The van der Waals surface area contributed by atoms with E-state index in [4.69, 9.17) is 15.0 Å². The van der Waals surface area contributed by atoms with Crippen LogP contribution in [0.4, 0.5) is 0 Å². The highest BCUT2D eigenvalue weighted by atomic mass is 15.1. The minimum Gasteiger partial charge on any atom is -0.301 e. The lowest BCUT2D eigenvalue weighted by Gasteiger charge is -2.11. The highest BCUT2D eigenvalue weighted by Gasteiger charge is 2.15. The monoisotopic (exact) mass is 657 g/mol. The number of benzene rings is 3. The van der Waals surface area contributed by atoms with Gasteiger partial charge in [0.2, 0.25) is 0 Å². The third-order valence-electron chi connectivity index (χ3n) is 9.19. The summed E-state index contributed by atoms with van der Waals surface area (Å²) in [6.45, 7) is 0. The molecule has 10 aromatic rings. The van der Waals surface area contributed by atoms with Gasteiger partial charge in [-0.1, -0.05) is 0 Å². The van der Waals surface area contributed by atoms with Gasteiger partial charge in [-0.3, -0.25) is 0 Å². The van der Waals surface area contributed by atoms with Gasteiger partial charge in [0.25, 0.3) is 0 Å². The Balaban J connectivity index is 1.05. The van der Waals surface area contributed by atoms with Gasteiger partial charge in [0.1, 0.15) is 16.9 Å². The zero-order valence-corrected chi connectivity index (χ0v) is 27.1. The first kappa shape index (κ1) is 28.7. The fourth-order valence-corrected chi connectivity index (χ4v) is 6.60. The summed E-state index contributed by atoms with van der Waals surface area (Å²) in [6, 6.07) is 43.0. The molecule has 0 unspecified atom stereocenters. The van der Waals surface area contributed by atoms with E-state index < -0.39 is 0 Å². The highest BCUT2D eigenvalue weighted by molar-refractivity contribution is 5.80. The second-order valence-corrected chi connectivity index (χ2v) is 12.3. The summed E-state index contributed by atoms with van der Waals surface area (Å²) in [5, 5.41) is 3.27. The van der Waals surface area contributed by atoms with Gasteiger partial charge in [0.05, 0.1) is 0 Å². The van der Waals surface area contributed by atoms with Crippen LogP contribution in [0, 0.1) is 0 Å². The molecule has 0 atom stereocenters. The van der Waals surface area contributed by atoms with E-state index >= 15 is 0 Å². The molecule has 7 aromatic heterocycles. The molecular formula is C42H27N9. The second-order valence-electron chi connectivity index (χ2n) is 12.3. The van der Waals surface area contributed by atoms with Crippen molar-refractivity contribution in [2.24, 2.45) is 0 Å². The first-order valence-electron chi connectivity index (χ1n) is 16.6. The number of aromatic nitrogens is 9. The summed E-state index contributed by atoms with van der Waals surface area (Å²) in [7, 11) is 0. The molecule has 0 aliphatic rings. The Bertz CT molecular complexity index is 2520. The van der Waals surface area contributed by atoms with E-state index in [0.717, 1.165) is 66.9 Å². The first-order chi connectivity index (χ1) is 25.2. The van der Waals surface area contributed by atoms with E-state index in [0.29, 0.717) is 17.5 Å². The number of hydrogen-bond donors (Lipinski definition) is 0. The number of fused-ring (bicyclic) bond motifs is 3. The Labute approximate surface area is 291 Å². The molecule has 9 heteroatoms. The topological polar surface area (TPSA) is 92.1 Å². The number of nitrogens with zero attached hydrogens (tertiary/aromatic N) is 9. The summed E-state index contributed by atoms with van der Waals surface area (Å²) in [5.74, 6) is 1.77. The van der Waals surface area contributed by atoms with Gasteiger partial charge >= 0.3 is 0 Å². The van der Waals surface area contributed by atoms with E-state index in [-0.39, 0.29) is 0 Å². The molecule has 3 aromatic carbocycles. The van der Waals surface area contributed by atoms with Gasteiger partial charge < -0.3 is 13.7 Å². The van der Waals surface area contributed by atoms with Gasteiger partial charge in [-0.2, -0.15) is 0 Å². The van der Waals surface area contributed by atoms with Crippen molar-refractivity contribution in [2.75, 3.05) is 0 Å². The molecule has 0 saturated heterocycles. The summed E-state index contributed by atoms with van der Waals surface area (Å²) < 4.78 is 6.25. The van der Waals surface area contributed by atoms with Crippen LogP contribution in [0.15, 0.2) is 165 Å². The average Bonchev–Trinajstić information content (AvgIpc) is 3.95. The first-order valence-corrected chi connectivity index (χ1v) is 16.6. The Morgan fingerprint density at radius 2 is 0.608 bits per heavy atom. The van der Waals surface area contributed by atoms with Crippen LogP contribution in [0.2, 0.25) is 0 Å². The lowest BCUT2D eigenvalue weighted by atomic mass is 10.1. The fraction of sp³-hybridized carbons (Fsp3) is 0. The maximum Gasteiger partial charge on any atom is 0.164 e. The van der Waals surface area contributed by atoms with Crippen molar-refractivity contribution in [1.82, 2.24) is 43.6 Å². The summed E-state index contributed by atoms with van der Waals surface area (Å²) >= 11 is 0. The van der Waals surface area contributed by atoms with Gasteiger partial charge in [0.15, 0.2) is 17.5 Å². The maximum atomic E-state index is 5.00. The van der Waals surface area contributed by atoms with Crippen molar-refractivity contribution < 1.29 is 0 Å². The maximum absolute atomic E-state index is 5.00. The quantitative estimate of drug-likeness (QED) is 0.177. The molecule has 0 radical (unpaired) electrons. The van der Waals surface area contributed by atoms with Crippen LogP contribution in [0.25, 0.3) is 84.3 Å². The van der Waals surface area contributed by atoms with E-state index in [2.05, 4.69) is 101 Å². The van der Waals surface area contributed by atoms with Crippen LogP contribution in [0.1, 0.15) is 0 Å². The van der Waals surface area contributed by atoms with Crippen LogP contribution >= 0.6 is 0 Å². The largest absolute Gasteiger partial charge is 0.301 e. The molecule has 0 bridgehead atoms. The van der Waals surface area contributed by atoms with Gasteiger partial charge in [-0.05, 0) is 127 Å². The summed E-state index contributed by atoms with van der Waals surface area (Å²) in [4.78, 5) is 28.8.